The molecule has 0 amide bonds. The summed E-state index contributed by atoms with van der Waals surface area (Å²) in [6.07, 6.45) is 9.83. The first kappa shape index (κ1) is 20.0. The third-order valence-corrected chi connectivity index (χ3v) is 6.87. The molecule has 1 aromatic heterocycles. The van der Waals surface area contributed by atoms with Crippen LogP contribution in [0.3, 0.4) is 0 Å². The van der Waals surface area contributed by atoms with Gasteiger partial charge in [-0.3, -0.25) is 28.0 Å². The van der Waals surface area contributed by atoms with E-state index in [1.165, 1.54) is 22.9 Å². The van der Waals surface area contributed by atoms with Gasteiger partial charge < -0.3 is 0 Å². The molecule has 0 radical (unpaired) electrons. The van der Waals surface area contributed by atoms with Crippen LogP contribution in [0.1, 0.15) is 0 Å². The Morgan fingerprint density at radius 3 is 2.35 bits per heavy atom. The quantitative estimate of drug-likeness (QED) is 0.482. The van der Waals surface area contributed by atoms with Crippen molar-refractivity contribution < 1.29 is 22.3 Å². The summed E-state index contributed by atoms with van der Waals surface area (Å²) < 4.78 is 44.6. The maximum Gasteiger partial charge on any atom is 0.354 e. The molecule has 1 N–H and O–H groups in total. The lowest BCUT2D eigenvalue weighted by Crippen LogP contribution is -2.29. The predicted molar refractivity (Wildman–Crippen MR) is 92.3 cm³/mol. The number of hydrogen-bond donors (Lipinski definition) is 1. The van der Waals surface area contributed by atoms with Crippen LogP contribution in [0.4, 0.5) is 0 Å². The second kappa shape index (κ2) is 8.73. The van der Waals surface area contributed by atoms with Crippen molar-refractivity contribution in [2.45, 2.75) is 6.54 Å². The summed E-state index contributed by atoms with van der Waals surface area (Å²) in [5, 5.41) is 0. The van der Waals surface area contributed by atoms with Crippen LogP contribution in [-0.4, -0.2) is 28.3 Å². The Bertz CT molecular complexity index is 866. The molecular weight excluding hydrogens is 433 g/mol. The van der Waals surface area contributed by atoms with Crippen molar-refractivity contribution in [2.24, 2.45) is 0 Å². The molecular formula is C10H12BrN2O7P3. The van der Waals surface area contributed by atoms with Gasteiger partial charge in [-0.25, -0.2) is 13.4 Å². The Balaban J connectivity index is 2.84. The third kappa shape index (κ3) is 6.96. The summed E-state index contributed by atoms with van der Waals surface area (Å²) in [4.78, 5) is 24.8. The minimum atomic E-state index is -3.92. The molecule has 9 nitrogen and oxygen atoms in total. The molecule has 0 aliphatic carbocycles. The molecule has 23 heavy (non-hydrogen) atoms. The molecule has 2 unspecified atom stereocenters. The highest BCUT2D eigenvalue weighted by Gasteiger charge is 2.25. The molecule has 0 aliphatic rings. The average molecular weight is 445 g/mol. The standard InChI is InChI=1S/C10H12BrN2O7P3/c1-21(16)19-23(18,20-22(2)17)6-4-3-5-13-7-8(11)9(14)12-10(13)15/h3-4,7H,1-2,5-6H2,(H,12,14,15)/b4-3-. The van der Waals surface area contributed by atoms with Crippen LogP contribution in [-0.2, 0) is 28.9 Å². The van der Waals surface area contributed by atoms with Gasteiger partial charge in [-0.2, -0.15) is 0 Å². The van der Waals surface area contributed by atoms with Gasteiger partial charge in [-0.1, -0.05) is 12.2 Å². The molecule has 1 heterocycles. The fraction of sp³-hybridized carbons (Fsp3) is 0.200. The van der Waals surface area contributed by atoms with Gasteiger partial charge in [0.15, 0.2) is 0 Å². The number of rotatable bonds is 8. The van der Waals surface area contributed by atoms with E-state index in [-0.39, 0.29) is 17.2 Å². The van der Waals surface area contributed by atoms with Crippen molar-refractivity contribution in [3.63, 3.8) is 0 Å². The Morgan fingerprint density at radius 1 is 1.26 bits per heavy atom. The van der Waals surface area contributed by atoms with Crippen molar-refractivity contribution >= 4 is 51.4 Å². The number of aromatic amines is 1. The second-order valence-electron chi connectivity index (χ2n) is 3.98. The van der Waals surface area contributed by atoms with E-state index in [0.717, 1.165) is 0 Å². The minimum Gasteiger partial charge on any atom is -0.296 e. The maximum absolute atomic E-state index is 12.1. The molecule has 1 rings (SSSR count). The van der Waals surface area contributed by atoms with Crippen LogP contribution in [0, 0.1) is 0 Å². The Morgan fingerprint density at radius 2 is 1.83 bits per heavy atom. The van der Waals surface area contributed by atoms with Crippen LogP contribution in [0.15, 0.2) is 32.4 Å². The summed E-state index contributed by atoms with van der Waals surface area (Å²) >= 11 is 2.98. The van der Waals surface area contributed by atoms with E-state index < -0.39 is 34.1 Å². The molecule has 0 bridgehead atoms. The Labute approximate surface area is 140 Å². The van der Waals surface area contributed by atoms with Crippen LogP contribution in [0.2, 0.25) is 0 Å². The smallest absolute Gasteiger partial charge is 0.296 e. The average Bonchev–Trinajstić information content (AvgIpc) is 2.38. The number of halogens is 1. The molecule has 126 valence electrons. The first-order valence-electron chi connectivity index (χ1n) is 5.81. The molecule has 0 saturated carbocycles. The molecule has 1 aromatic rings. The van der Waals surface area contributed by atoms with Gasteiger partial charge in [0.25, 0.3) is 5.56 Å². The SMILES string of the molecule is C=P(=O)OP(=O)(C/C=C\Cn1cc(Br)c(=O)[nH]c1=O)OP(=C)=O. The van der Waals surface area contributed by atoms with Crippen molar-refractivity contribution in [1.82, 2.24) is 9.55 Å². The third-order valence-electron chi connectivity index (χ3n) is 2.20. The molecule has 0 saturated heterocycles. The van der Waals surface area contributed by atoms with Gasteiger partial charge in [0.2, 0.25) is 15.3 Å². The predicted octanol–water partition coefficient (Wildman–Crippen LogP) is 2.43. The van der Waals surface area contributed by atoms with Crippen molar-refractivity contribution in [1.29, 1.82) is 0 Å². The first-order chi connectivity index (χ1) is 10.6. The summed E-state index contributed by atoms with van der Waals surface area (Å²) in [7, 11) is -8.87. The highest BCUT2D eigenvalue weighted by molar-refractivity contribution is 9.10. The van der Waals surface area contributed by atoms with E-state index in [4.69, 9.17) is 0 Å². The number of hydrogen-bond acceptors (Lipinski definition) is 7. The normalized spacial score (nSPS) is 15.3. The van der Waals surface area contributed by atoms with Crippen LogP contribution >= 0.6 is 38.8 Å². The first-order valence-corrected chi connectivity index (χ1v) is 11.1. The monoisotopic (exact) mass is 444 g/mol. The van der Waals surface area contributed by atoms with E-state index in [1.54, 1.807) is 0 Å². The van der Waals surface area contributed by atoms with E-state index in [1.807, 2.05) is 0 Å². The molecule has 2 atom stereocenters. The zero-order valence-corrected chi connectivity index (χ0v) is 15.9. The lowest BCUT2D eigenvalue weighted by atomic mass is 10.5. The van der Waals surface area contributed by atoms with Crippen LogP contribution in [0.5, 0.6) is 0 Å². The zero-order chi connectivity index (χ0) is 17.6. The summed E-state index contributed by atoms with van der Waals surface area (Å²) in [5.41, 5.74) is -1.18. The Hall–Kier alpha value is -1.01. The van der Waals surface area contributed by atoms with Gasteiger partial charge in [0.05, 0.1) is 10.6 Å². The van der Waals surface area contributed by atoms with E-state index in [9.17, 15) is 23.3 Å². The number of nitrogens with one attached hydrogen (secondary N) is 1. The maximum atomic E-state index is 12.1. The fourth-order valence-corrected chi connectivity index (χ4v) is 5.26. The zero-order valence-electron chi connectivity index (χ0n) is 11.6. The molecule has 0 aliphatic heterocycles. The largest absolute Gasteiger partial charge is 0.354 e. The topological polar surface area (TPSA) is 125 Å². The van der Waals surface area contributed by atoms with Gasteiger partial charge in [0, 0.05) is 12.7 Å². The lowest BCUT2D eigenvalue weighted by Gasteiger charge is -2.09. The van der Waals surface area contributed by atoms with Gasteiger partial charge in [-0.15, -0.1) is 0 Å². The van der Waals surface area contributed by atoms with Gasteiger partial charge in [0.1, 0.15) is 0 Å². The number of allylic oxidation sites excluding steroid dienone is 2. The number of aromatic nitrogens is 2. The van der Waals surface area contributed by atoms with Gasteiger partial charge >= 0.3 is 13.3 Å². The number of H-pyrrole nitrogens is 1. The molecule has 13 heteroatoms. The number of nitrogens with zero attached hydrogens (tertiary/aromatic N) is 1. The van der Waals surface area contributed by atoms with E-state index >= 15 is 0 Å². The van der Waals surface area contributed by atoms with Crippen LogP contribution < -0.4 is 11.2 Å². The second-order valence-corrected chi connectivity index (χ2v) is 9.06. The highest BCUT2D eigenvalue weighted by atomic mass is 79.9. The van der Waals surface area contributed by atoms with Crippen molar-refractivity contribution in [3.8, 4) is 0 Å². The van der Waals surface area contributed by atoms with E-state index in [2.05, 4.69) is 42.1 Å². The summed E-state index contributed by atoms with van der Waals surface area (Å²) in [6, 6.07) is 0. The van der Waals surface area contributed by atoms with Crippen LogP contribution in [0.25, 0.3) is 0 Å². The minimum absolute atomic E-state index is 0.0568. The molecule has 0 aromatic carbocycles. The Kier molecular flexibility index (Phi) is 7.61. The van der Waals surface area contributed by atoms with E-state index in [0.29, 0.717) is 0 Å². The summed E-state index contributed by atoms with van der Waals surface area (Å²) in [6.45, 7) is 0.0568. The highest BCUT2D eigenvalue weighted by Crippen LogP contribution is 2.56. The molecule has 0 spiro atoms. The lowest BCUT2D eigenvalue weighted by molar-refractivity contribution is 0.404. The summed E-state index contributed by atoms with van der Waals surface area (Å²) in [5.74, 6) is 0. The van der Waals surface area contributed by atoms with Crippen molar-refractivity contribution in [3.05, 3.63) is 43.7 Å². The van der Waals surface area contributed by atoms with Crippen molar-refractivity contribution in [2.75, 3.05) is 6.16 Å². The fourth-order valence-electron chi connectivity index (χ4n) is 1.37. The molecule has 0 fully saturated rings. The van der Waals surface area contributed by atoms with Gasteiger partial charge in [-0.05, 0) is 28.5 Å².